The van der Waals surface area contributed by atoms with Crippen molar-refractivity contribution in [1.29, 1.82) is 0 Å². The summed E-state index contributed by atoms with van der Waals surface area (Å²) in [4.78, 5) is 20.3. The van der Waals surface area contributed by atoms with Gasteiger partial charge in [-0.15, -0.1) is 0 Å². The van der Waals surface area contributed by atoms with Gasteiger partial charge in [-0.3, -0.25) is 4.79 Å². The van der Waals surface area contributed by atoms with Gasteiger partial charge in [0.25, 0.3) is 5.91 Å². The minimum atomic E-state index is 0.0374. The van der Waals surface area contributed by atoms with Crippen molar-refractivity contribution in [3.8, 4) is 0 Å². The third kappa shape index (κ3) is 2.60. The van der Waals surface area contributed by atoms with E-state index in [-0.39, 0.29) is 5.91 Å². The first-order chi connectivity index (χ1) is 8.61. The summed E-state index contributed by atoms with van der Waals surface area (Å²) in [6.07, 6.45) is 2.58. The van der Waals surface area contributed by atoms with Crippen LogP contribution in [0.2, 0.25) is 0 Å². The van der Waals surface area contributed by atoms with Crippen LogP contribution in [-0.2, 0) is 0 Å². The summed E-state index contributed by atoms with van der Waals surface area (Å²) in [5.41, 5.74) is 3.05. The molecular formula is C12H19N5O. The number of carbonyl (C=O) groups excluding carboxylic acids is 1. The van der Waals surface area contributed by atoms with Gasteiger partial charge in [0.15, 0.2) is 0 Å². The molecule has 1 unspecified atom stereocenters. The molecule has 0 aromatic carbocycles. The number of nitrogens with two attached hydrogens (primary N) is 1. The largest absolute Gasteiger partial charge is 0.337 e. The zero-order valence-corrected chi connectivity index (χ0v) is 10.8. The summed E-state index contributed by atoms with van der Waals surface area (Å²) < 4.78 is 0. The molecule has 0 bridgehead atoms. The third-order valence-corrected chi connectivity index (χ3v) is 3.34. The lowest BCUT2D eigenvalue weighted by Crippen LogP contribution is -2.34. The summed E-state index contributed by atoms with van der Waals surface area (Å²) in [7, 11) is 4.09. The van der Waals surface area contributed by atoms with Gasteiger partial charge in [-0.1, -0.05) is 0 Å². The highest BCUT2D eigenvalue weighted by atomic mass is 16.2. The average molecular weight is 249 g/mol. The second-order valence-electron chi connectivity index (χ2n) is 4.73. The Morgan fingerprint density at radius 1 is 1.56 bits per heavy atom. The maximum absolute atomic E-state index is 12.2. The van der Waals surface area contributed by atoms with Crippen molar-refractivity contribution in [2.75, 3.05) is 32.6 Å². The quantitative estimate of drug-likeness (QED) is 0.589. The van der Waals surface area contributed by atoms with Crippen molar-refractivity contribution in [2.45, 2.75) is 12.5 Å². The number of hydrogen-bond acceptors (Lipinski definition) is 5. The molecule has 6 heteroatoms. The van der Waals surface area contributed by atoms with Gasteiger partial charge in [0, 0.05) is 25.3 Å². The highest BCUT2D eigenvalue weighted by Gasteiger charge is 2.28. The second kappa shape index (κ2) is 5.32. The number of likely N-dealkylation sites (N-methyl/N-ethyl adjacent to an activating group) is 1. The summed E-state index contributed by atoms with van der Waals surface area (Å²) in [5.74, 6) is 5.83. The maximum atomic E-state index is 12.2. The Bertz CT molecular complexity index is 417. The van der Waals surface area contributed by atoms with Crippen LogP contribution in [0.1, 0.15) is 16.8 Å². The number of anilines is 1. The molecule has 2 rings (SSSR count). The maximum Gasteiger partial charge on any atom is 0.255 e. The summed E-state index contributed by atoms with van der Waals surface area (Å²) >= 11 is 0. The third-order valence-electron chi connectivity index (χ3n) is 3.34. The Hall–Kier alpha value is -1.66. The van der Waals surface area contributed by atoms with Crippen molar-refractivity contribution in [1.82, 2.24) is 14.8 Å². The second-order valence-corrected chi connectivity index (χ2v) is 4.73. The van der Waals surface area contributed by atoms with Crippen molar-refractivity contribution < 1.29 is 4.79 Å². The number of carbonyl (C=O) groups is 1. The molecule has 2 heterocycles. The fourth-order valence-electron chi connectivity index (χ4n) is 2.14. The van der Waals surface area contributed by atoms with Gasteiger partial charge in [-0.2, -0.15) is 0 Å². The molecule has 6 nitrogen and oxygen atoms in total. The monoisotopic (exact) mass is 249 g/mol. The van der Waals surface area contributed by atoms with E-state index in [2.05, 4.69) is 15.3 Å². The fourth-order valence-corrected chi connectivity index (χ4v) is 2.14. The van der Waals surface area contributed by atoms with Crippen LogP contribution in [0, 0.1) is 0 Å². The van der Waals surface area contributed by atoms with Gasteiger partial charge in [-0.05, 0) is 32.6 Å². The Morgan fingerprint density at radius 3 is 2.83 bits per heavy atom. The number of hydrogen-bond donors (Lipinski definition) is 2. The Morgan fingerprint density at radius 2 is 2.33 bits per heavy atom. The zero-order chi connectivity index (χ0) is 13.1. The van der Waals surface area contributed by atoms with E-state index in [9.17, 15) is 4.79 Å². The van der Waals surface area contributed by atoms with E-state index in [1.807, 2.05) is 19.0 Å². The van der Waals surface area contributed by atoms with E-state index in [4.69, 9.17) is 5.84 Å². The van der Waals surface area contributed by atoms with E-state index in [0.29, 0.717) is 17.4 Å². The van der Waals surface area contributed by atoms with Gasteiger partial charge in [0.05, 0.1) is 5.56 Å². The molecule has 98 valence electrons. The van der Waals surface area contributed by atoms with Crippen molar-refractivity contribution in [2.24, 2.45) is 5.84 Å². The smallest absolute Gasteiger partial charge is 0.255 e. The molecule has 3 N–H and O–H groups in total. The first kappa shape index (κ1) is 12.8. The summed E-state index contributed by atoms with van der Waals surface area (Å²) in [6, 6.07) is 3.90. The van der Waals surface area contributed by atoms with Gasteiger partial charge in [0.1, 0.15) is 5.82 Å². The topological polar surface area (TPSA) is 74.5 Å². The van der Waals surface area contributed by atoms with Crippen LogP contribution in [0.25, 0.3) is 0 Å². The van der Waals surface area contributed by atoms with Gasteiger partial charge < -0.3 is 15.2 Å². The molecule has 1 amide bonds. The molecule has 1 aliphatic rings. The molecule has 0 saturated carbocycles. The van der Waals surface area contributed by atoms with Crippen LogP contribution >= 0.6 is 0 Å². The highest BCUT2D eigenvalue weighted by Crippen LogP contribution is 2.16. The van der Waals surface area contributed by atoms with Crippen LogP contribution in [0.5, 0.6) is 0 Å². The molecule has 18 heavy (non-hydrogen) atoms. The number of likely N-dealkylation sites (tertiary alicyclic amines) is 1. The molecule has 0 spiro atoms. The molecule has 1 aliphatic heterocycles. The number of hydrazine groups is 1. The minimum Gasteiger partial charge on any atom is -0.337 e. The number of pyridine rings is 1. The van der Waals surface area contributed by atoms with Crippen molar-refractivity contribution in [3.63, 3.8) is 0 Å². The Kier molecular flexibility index (Phi) is 3.78. The molecule has 1 atom stereocenters. The average Bonchev–Trinajstić information content (AvgIpc) is 2.88. The number of amides is 1. The fraction of sp³-hybridized carbons (Fsp3) is 0.500. The van der Waals surface area contributed by atoms with E-state index < -0.39 is 0 Å². The predicted octanol–water partition coefficient (Wildman–Crippen LogP) is 0.143. The molecule has 1 fully saturated rings. The number of nitrogen functional groups attached to an aromatic ring is 1. The van der Waals surface area contributed by atoms with Crippen LogP contribution < -0.4 is 11.3 Å². The van der Waals surface area contributed by atoms with Crippen LogP contribution in [0.3, 0.4) is 0 Å². The van der Waals surface area contributed by atoms with Gasteiger partial charge in [-0.25, -0.2) is 10.8 Å². The standard InChI is InChI=1S/C12H19N5O/c1-16(2)10-5-6-17(8-10)12(18)9-3-4-11(15-13)14-7-9/h3-4,7,10H,5-6,8,13H2,1-2H3,(H,14,15). The van der Waals surface area contributed by atoms with E-state index in [0.717, 1.165) is 19.5 Å². The van der Waals surface area contributed by atoms with Crippen LogP contribution in [-0.4, -0.2) is 53.9 Å². The van der Waals surface area contributed by atoms with E-state index in [1.165, 1.54) is 0 Å². The lowest BCUT2D eigenvalue weighted by Gasteiger charge is -2.20. The molecular weight excluding hydrogens is 230 g/mol. The normalized spacial score (nSPS) is 19.3. The van der Waals surface area contributed by atoms with Gasteiger partial charge in [0.2, 0.25) is 0 Å². The van der Waals surface area contributed by atoms with Crippen molar-refractivity contribution >= 4 is 11.7 Å². The molecule has 1 aromatic rings. The van der Waals surface area contributed by atoms with Crippen LogP contribution in [0.4, 0.5) is 5.82 Å². The number of aromatic nitrogens is 1. The summed E-state index contributed by atoms with van der Waals surface area (Å²) in [5, 5.41) is 0. The number of rotatable bonds is 3. The Balaban J connectivity index is 2.03. The van der Waals surface area contributed by atoms with Crippen molar-refractivity contribution in [3.05, 3.63) is 23.9 Å². The molecule has 1 saturated heterocycles. The minimum absolute atomic E-state index is 0.0374. The van der Waals surface area contributed by atoms with E-state index >= 15 is 0 Å². The zero-order valence-electron chi connectivity index (χ0n) is 10.8. The molecule has 0 radical (unpaired) electrons. The molecule has 1 aromatic heterocycles. The molecule has 0 aliphatic carbocycles. The number of nitrogens with zero attached hydrogens (tertiary/aromatic N) is 3. The van der Waals surface area contributed by atoms with E-state index in [1.54, 1.807) is 18.3 Å². The lowest BCUT2D eigenvalue weighted by atomic mass is 10.2. The number of nitrogens with one attached hydrogen (secondary N) is 1. The predicted molar refractivity (Wildman–Crippen MR) is 70.0 cm³/mol. The summed E-state index contributed by atoms with van der Waals surface area (Å²) in [6.45, 7) is 1.58. The Labute approximate surface area is 107 Å². The lowest BCUT2D eigenvalue weighted by molar-refractivity contribution is 0.0782. The van der Waals surface area contributed by atoms with Gasteiger partial charge >= 0.3 is 0 Å². The van der Waals surface area contributed by atoms with Crippen LogP contribution in [0.15, 0.2) is 18.3 Å². The first-order valence-electron chi connectivity index (χ1n) is 6.00. The first-order valence-corrected chi connectivity index (χ1v) is 6.00. The highest BCUT2D eigenvalue weighted by molar-refractivity contribution is 5.94. The SMILES string of the molecule is CN(C)C1CCN(C(=O)c2ccc(NN)nc2)C1.